The molecule has 1 saturated heterocycles. The normalized spacial score (nSPS) is 22.3. The summed E-state index contributed by atoms with van der Waals surface area (Å²) in [5, 5.41) is 0. The lowest BCUT2D eigenvalue weighted by atomic mass is 10.1. The van der Waals surface area contributed by atoms with Gasteiger partial charge in [-0.1, -0.05) is 0 Å². The molecule has 0 bridgehead atoms. The number of sulfone groups is 1. The highest BCUT2D eigenvalue weighted by Gasteiger charge is 2.31. The number of carbonyl (C=O) groups excluding carboxylic acids is 1. The van der Waals surface area contributed by atoms with Crippen LogP contribution in [0.25, 0.3) is 0 Å². The second-order valence-electron chi connectivity index (χ2n) is 4.63. The third-order valence-electron chi connectivity index (χ3n) is 3.12. The van der Waals surface area contributed by atoms with E-state index in [4.69, 9.17) is 0 Å². The van der Waals surface area contributed by atoms with E-state index in [1.54, 1.807) is 6.92 Å². The summed E-state index contributed by atoms with van der Waals surface area (Å²) in [7, 11) is -3.06. The van der Waals surface area contributed by atoms with Crippen LogP contribution in [-0.4, -0.2) is 43.3 Å². The summed E-state index contributed by atoms with van der Waals surface area (Å²) < 4.78 is 36.0. The lowest BCUT2D eigenvalue weighted by molar-refractivity contribution is 0.0712. The maximum atomic E-state index is 13.1. The predicted octanol–water partition coefficient (Wildman–Crippen LogP) is 1.37. The van der Waals surface area contributed by atoms with Gasteiger partial charge in [-0.15, -0.1) is 12.6 Å². The zero-order chi connectivity index (χ0) is 14.2. The number of hydrogen-bond acceptors (Lipinski definition) is 4. The van der Waals surface area contributed by atoms with Gasteiger partial charge in [0.1, 0.15) is 5.82 Å². The standard InChI is InChI=1S/C12H14FNO3S2/c1-8-7-19(16,17)5-4-14(8)12(15)9-2-3-10(13)11(18)6-9/h2-3,6,8,18H,4-5,7H2,1H3. The van der Waals surface area contributed by atoms with Crippen molar-refractivity contribution in [1.29, 1.82) is 0 Å². The molecule has 7 heteroatoms. The fraction of sp³-hybridized carbons (Fsp3) is 0.417. The molecule has 1 fully saturated rings. The zero-order valence-electron chi connectivity index (χ0n) is 10.3. The van der Waals surface area contributed by atoms with Crippen molar-refractivity contribution < 1.29 is 17.6 Å². The van der Waals surface area contributed by atoms with Gasteiger partial charge in [0.15, 0.2) is 9.84 Å². The maximum absolute atomic E-state index is 13.1. The molecular weight excluding hydrogens is 289 g/mol. The van der Waals surface area contributed by atoms with E-state index < -0.39 is 15.7 Å². The van der Waals surface area contributed by atoms with E-state index in [0.29, 0.717) is 5.56 Å². The average molecular weight is 303 g/mol. The van der Waals surface area contributed by atoms with Crippen LogP contribution in [0.4, 0.5) is 4.39 Å². The molecule has 104 valence electrons. The first-order chi connectivity index (χ1) is 8.80. The average Bonchev–Trinajstić information content (AvgIpc) is 2.31. The van der Waals surface area contributed by atoms with E-state index in [2.05, 4.69) is 12.6 Å². The van der Waals surface area contributed by atoms with E-state index in [9.17, 15) is 17.6 Å². The van der Waals surface area contributed by atoms with Crippen molar-refractivity contribution >= 4 is 28.4 Å². The summed E-state index contributed by atoms with van der Waals surface area (Å²) in [6.45, 7) is 1.86. The summed E-state index contributed by atoms with van der Waals surface area (Å²) in [5.41, 5.74) is 0.317. The Hall–Kier alpha value is -1.08. The Morgan fingerprint density at radius 3 is 2.74 bits per heavy atom. The quantitative estimate of drug-likeness (QED) is 0.797. The van der Waals surface area contributed by atoms with Gasteiger partial charge in [0.25, 0.3) is 5.91 Å². The van der Waals surface area contributed by atoms with E-state index >= 15 is 0 Å². The fourth-order valence-corrected chi connectivity index (χ4v) is 3.88. The maximum Gasteiger partial charge on any atom is 0.254 e. The van der Waals surface area contributed by atoms with Crippen LogP contribution in [0.1, 0.15) is 17.3 Å². The topological polar surface area (TPSA) is 54.5 Å². The summed E-state index contributed by atoms with van der Waals surface area (Å²) in [4.78, 5) is 13.9. The summed E-state index contributed by atoms with van der Waals surface area (Å²) in [6.07, 6.45) is 0. The lowest BCUT2D eigenvalue weighted by Gasteiger charge is -2.33. The third kappa shape index (κ3) is 3.09. The predicted molar refractivity (Wildman–Crippen MR) is 72.8 cm³/mol. The number of carbonyl (C=O) groups is 1. The number of hydrogen-bond donors (Lipinski definition) is 1. The smallest absolute Gasteiger partial charge is 0.254 e. The summed E-state index contributed by atoms with van der Waals surface area (Å²) in [5.74, 6) is -0.849. The van der Waals surface area contributed by atoms with Crippen LogP contribution in [0, 0.1) is 5.82 Å². The molecule has 0 N–H and O–H groups in total. The summed E-state index contributed by atoms with van der Waals surface area (Å²) >= 11 is 3.93. The Morgan fingerprint density at radius 2 is 2.16 bits per heavy atom. The minimum Gasteiger partial charge on any atom is -0.334 e. The highest BCUT2D eigenvalue weighted by molar-refractivity contribution is 7.91. The summed E-state index contributed by atoms with van der Waals surface area (Å²) in [6, 6.07) is 3.55. The zero-order valence-corrected chi connectivity index (χ0v) is 12.0. The van der Waals surface area contributed by atoms with Crippen molar-refractivity contribution in [3.05, 3.63) is 29.6 Å². The minimum atomic E-state index is -3.06. The van der Waals surface area contributed by atoms with Crippen LogP contribution >= 0.6 is 12.6 Å². The second-order valence-corrected chi connectivity index (χ2v) is 7.34. The van der Waals surface area contributed by atoms with E-state index in [1.807, 2.05) is 0 Å². The molecule has 0 aliphatic carbocycles. The third-order valence-corrected chi connectivity index (χ3v) is 5.26. The molecule has 1 aromatic rings. The van der Waals surface area contributed by atoms with Gasteiger partial charge < -0.3 is 4.90 Å². The monoisotopic (exact) mass is 303 g/mol. The molecule has 19 heavy (non-hydrogen) atoms. The first-order valence-electron chi connectivity index (χ1n) is 5.80. The Labute approximate surface area is 116 Å². The van der Waals surface area contributed by atoms with Crippen molar-refractivity contribution in [2.45, 2.75) is 17.9 Å². The number of amides is 1. The SMILES string of the molecule is CC1CS(=O)(=O)CCN1C(=O)c1ccc(F)c(S)c1. The molecule has 1 aliphatic rings. The van der Waals surface area contributed by atoms with Gasteiger partial charge in [-0.25, -0.2) is 12.8 Å². The molecule has 0 radical (unpaired) electrons. The molecule has 1 unspecified atom stereocenters. The molecule has 0 saturated carbocycles. The van der Waals surface area contributed by atoms with Gasteiger partial charge >= 0.3 is 0 Å². The second kappa shape index (κ2) is 5.13. The largest absolute Gasteiger partial charge is 0.334 e. The van der Waals surface area contributed by atoms with Crippen LogP contribution in [0.2, 0.25) is 0 Å². The fourth-order valence-electron chi connectivity index (χ4n) is 2.11. The Bertz CT molecular complexity index is 615. The number of halogens is 1. The first kappa shape index (κ1) is 14.3. The molecule has 1 atom stereocenters. The van der Waals surface area contributed by atoms with Crippen molar-refractivity contribution in [3.63, 3.8) is 0 Å². The Morgan fingerprint density at radius 1 is 1.47 bits per heavy atom. The van der Waals surface area contributed by atoms with Gasteiger partial charge in [-0.2, -0.15) is 0 Å². The molecule has 1 aromatic carbocycles. The van der Waals surface area contributed by atoms with Crippen molar-refractivity contribution in [3.8, 4) is 0 Å². The van der Waals surface area contributed by atoms with Crippen molar-refractivity contribution in [1.82, 2.24) is 4.90 Å². The molecule has 1 heterocycles. The van der Waals surface area contributed by atoms with Gasteiger partial charge in [-0.3, -0.25) is 4.79 Å². The molecule has 0 spiro atoms. The molecule has 1 aliphatic heterocycles. The number of nitrogens with zero attached hydrogens (tertiary/aromatic N) is 1. The van der Waals surface area contributed by atoms with Crippen LogP contribution in [0.15, 0.2) is 23.1 Å². The highest BCUT2D eigenvalue weighted by atomic mass is 32.2. The van der Waals surface area contributed by atoms with Gasteiger partial charge in [-0.05, 0) is 25.1 Å². The molecule has 1 amide bonds. The van der Waals surface area contributed by atoms with Gasteiger partial charge in [0.2, 0.25) is 0 Å². The van der Waals surface area contributed by atoms with E-state index in [-0.39, 0.29) is 34.9 Å². The Kier molecular flexibility index (Phi) is 3.87. The van der Waals surface area contributed by atoms with Crippen LogP contribution in [0.5, 0.6) is 0 Å². The molecule has 0 aromatic heterocycles. The van der Waals surface area contributed by atoms with Gasteiger partial charge in [0, 0.05) is 23.0 Å². The minimum absolute atomic E-state index is 0.0298. The molecule has 2 rings (SSSR count). The Balaban J connectivity index is 2.22. The number of benzene rings is 1. The number of thiol groups is 1. The van der Waals surface area contributed by atoms with Crippen LogP contribution in [0.3, 0.4) is 0 Å². The van der Waals surface area contributed by atoms with E-state index in [0.717, 1.165) is 0 Å². The van der Waals surface area contributed by atoms with Gasteiger partial charge in [0.05, 0.1) is 11.5 Å². The molecular formula is C12H14FNO3S2. The highest BCUT2D eigenvalue weighted by Crippen LogP contribution is 2.19. The van der Waals surface area contributed by atoms with Crippen LogP contribution < -0.4 is 0 Å². The number of rotatable bonds is 1. The first-order valence-corrected chi connectivity index (χ1v) is 8.07. The molecule has 4 nitrogen and oxygen atoms in total. The lowest BCUT2D eigenvalue weighted by Crippen LogP contribution is -2.49. The van der Waals surface area contributed by atoms with Crippen molar-refractivity contribution in [2.75, 3.05) is 18.1 Å². The van der Waals surface area contributed by atoms with E-state index in [1.165, 1.54) is 23.1 Å². The van der Waals surface area contributed by atoms with Crippen molar-refractivity contribution in [2.24, 2.45) is 0 Å². The van der Waals surface area contributed by atoms with Crippen LogP contribution in [-0.2, 0) is 9.84 Å².